The van der Waals surface area contributed by atoms with Crippen LogP contribution in [-0.2, 0) is 16.0 Å². The van der Waals surface area contributed by atoms with Crippen molar-refractivity contribution >= 4 is 17.5 Å². The summed E-state index contributed by atoms with van der Waals surface area (Å²) in [6.45, 7) is 2.76. The average Bonchev–Trinajstić information content (AvgIpc) is 2.66. The van der Waals surface area contributed by atoms with E-state index in [9.17, 15) is 9.59 Å². The lowest BCUT2D eigenvalue weighted by atomic mass is 9.49. The lowest BCUT2D eigenvalue weighted by Gasteiger charge is -2.55. The summed E-state index contributed by atoms with van der Waals surface area (Å²) in [4.78, 5) is 25.1. The zero-order chi connectivity index (χ0) is 19.6. The van der Waals surface area contributed by atoms with Gasteiger partial charge in [0.05, 0.1) is 0 Å². The lowest BCUT2D eigenvalue weighted by molar-refractivity contribution is -0.146. The first-order chi connectivity index (χ1) is 13.6. The molecule has 4 bridgehead atoms. The molecule has 4 heteroatoms. The van der Waals surface area contributed by atoms with Gasteiger partial charge in [0, 0.05) is 24.1 Å². The highest BCUT2D eigenvalue weighted by molar-refractivity contribution is 5.90. The maximum atomic E-state index is 12.9. The van der Waals surface area contributed by atoms with Gasteiger partial charge < -0.3 is 10.6 Å². The van der Waals surface area contributed by atoms with E-state index < -0.39 is 0 Å². The Hall–Kier alpha value is -1.84. The maximum Gasteiger partial charge on any atom is 0.226 e. The topological polar surface area (TPSA) is 58.2 Å². The largest absolute Gasteiger partial charge is 0.356 e. The smallest absolute Gasteiger partial charge is 0.226 e. The molecule has 4 nitrogen and oxygen atoms in total. The maximum absolute atomic E-state index is 12.9. The Bertz CT molecular complexity index is 675. The molecule has 0 aliphatic heterocycles. The third kappa shape index (κ3) is 4.26. The van der Waals surface area contributed by atoms with E-state index in [1.54, 1.807) is 0 Å². The molecule has 4 saturated carbocycles. The number of hydrogen-bond donors (Lipinski definition) is 2. The molecule has 28 heavy (non-hydrogen) atoms. The molecule has 0 unspecified atom stereocenters. The highest BCUT2D eigenvalue weighted by Crippen LogP contribution is 2.60. The van der Waals surface area contributed by atoms with Gasteiger partial charge in [-0.1, -0.05) is 25.5 Å². The summed E-state index contributed by atoms with van der Waals surface area (Å²) < 4.78 is 0. The quantitative estimate of drug-likeness (QED) is 0.641. The van der Waals surface area contributed by atoms with E-state index in [4.69, 9.17) is 0 Å². The summed E-state index contributed by atoms with van der Waals surface area (Å²) in [7, 11) is 0. The second kappa shape index (κ2) is 8.26. The summed E-state index contributed by atoms with van der Waals surface area (Å²) in [6, 6.07) is 8.09. The number of anilines is 1. The summed E-state index contributed by atoms with van der Waals surface area (Å²) in [5.41, 5.74) is 2.06. The number of rotatable bonds is 8. The summed E-state index contributed by atoms with van der Waals surface area (Å²) in [5.74, 6) is 2.63. The first-order valence-corrected chi connectivity index (χ1v) is 11.2. The van der Waals surface area contributed by atoms with Crippen molar-refractivity contribution < 1.29 is 9.59 Å². The van der Waals surface area contributed by atoms with Crippen LogP contribution in [0.5, 0.6) is 0 Å². The molecule has 5 rings (SSSR count). The van der Waals surface area contributed by atoms with Crippen molar-refractivity contribution in [2.75, 3.05) is 11.9 Å². The monoisotopic (exact) mass is 382 g/mol. The van der Waals surface area contributed by atoms with Gasteiger partial charge in [0.1, 0.15) is 0 Å². The Morgan fingerprint density at radius 1 is 1.00 bits per heavy atom. The normalized spacial score (nSPS) is 30.2. The van der Waals surface area contributed by atoms with Crippen LogP contribution in [-0.4, -0.2) is 18.4 Å². The first kappa shape index (κ1) is 19.5. The van der Waals surface area contributed by atoms with Gasteiger partial charge in [-0.25, -0.2) is 0 Å². The Morgan fingerprint density at radius 3 is 2.18 bits per heavy atom. The van der Waals surface area contributed by atoms with Crippen molar-refractivity contribution in [3.8, 4) is 0 Å². The minimum Gasteiger partial charge on any atom is -0.356 e. The van der Waals surface area contributed by atoms with E-state index in [0.29, 0.717) is 19.4 Å². The molecular formula is C24H34N2O2. The van der Waals surface area contributed by atoms with Crippen molar-refractivity contribution in [1.82, 2.24) is 5.32 Å². The molecular weight excluding hydrogens is 348 g/mol. The number of benzene rings is 1. The zero-order valence-corrected chi connectivity index (χ0v) is 17.1. The number of carbonyl (C=O) groups excluding carboxylic acids is 2. The van der Waals surface area contributed by atoms with E-state index in [0.717, 1.165) is 55.5 Å². The lowest BCUT2D eigenvalue weighted by Crippen LogP contribution is -2.53. The molecule has 4 fully saturated rings. The Morgan fingerprint density at radius 2 is 1.61 bits per heavy atom. The van der Waals surface area contributed by atoms with E-state index >= 15 is 0 Å². The van der Waals surface area contributed by atoms with Crippen molar-refractivity contribution in [2.45, 2.75) is 71.1 Å². The van der Waals surface area contributed by atoms with Crippen LogP contribution in [0.15, 0.2) is 24.3 Å². The zero-order valence-electron chi connectivity index (χ0n) is 17.1. The van der Waals surface area contributed by atoms with Crippen LogP contribution in [0.25, 0.3) is 0 Å². The molecule has 0 spiro atoms. The van der Waals surface area contributed by atoms with E-state index in [1.165, 1.54) is 24.8 Å². The van der Waals surface area contributed by atoms with Crippen LogP contribution >= 0.6 is 0 Å². The number of carbonyl (C=O) groups is 2. The highest BCUT2D eigenvalue weighted by atomic mass is 16.2. The number of nitrogens with one attached hydrogen (secondary N) is 2. The molecule has 0 aromatic heterocycles. The molecule has 1 aromatic carbocycles. The molecule has 4 aliphatic carbocycles. The van der Waals surface area contributed by atoms with Gasteiger partial charge in [-0.05, 0) is 86.8 Å². The second-order valence-electron chi connectivity index (χ2n) is 9.55. The van der Waals surface area contributed by atoms with Gasteiger partial charge >= 0.3 is 0 Å². The average molecular weight is 383 g/mol. The first-order valence-electron chi connectivity index (χ1n) is 11.2. The molecule has 0 heterocycles. The highest BCUT2D eigenvalue weighted by Gasteiger charge is 2.54. The minimum atomic E-state index is -0.0861. The van der Waals surface area contributed by atoms with Crippen LogP contribution in [0.4, 0.5) is 5.69 Å². The van der Waals surface area contributed by atoms with Crippen LogP contribution in [0.1, 0.15) is 70.3 Å². The Balaban J connectivity index is 1.18. The van der Waals surface area contributed by atoms with Crippen molar-refractivity contribution in [3.63, 3.8) is 0 Å². The second-order valence-corrected chi connectivity index (χ2v) is 9.55. The van der Waals surface area contributed by atoms with Crippen molar-refractivity contribution in [1.29, 1.82) is 0 Å². The fraction of sp³-hybridized carbons (Fsp3) is 0.667. The summed E-state index contributed by atoms with van der Waals surface area (Å²) in [6.07, 6.45) is 10.7. The fourth-order valence-corrected chi connectivity index (χ4v) is 6.29. The van der Waals surface area contributed by atoms with Gasteiger partial charge in [-0.15, -0.1) is 0 Å². The SMILES string of the molecule is CCCc1ccc(NC(=O)CCCNC(=O)C23CC4CC(CC(C4)C2)C3)cc1. The minimum absolute atomic E-state index is 0.0206. The van der Waals surface area contributed by atoms with Crippen LogP contribution < -0.4 is 10.6 Å². The van der Waals surface area contributed by atoms with Gasteiger partial charge in [-0.3, -0.25) is 9.59 Å². The number of amides is 2. The Kier molecular flexibility index (Phi) is 5.75. The standard InChI is InChI=1S/C24H34N2O2/c1-2-4-17-6-8-21(9-7-17)26-22(27)5-3-10-25-23(28)24-14-18-11-19(15-24)13-20(12-18)16-24/h6-9,18-20H,2-5,10-16H2,1H3,(H,25,28)(H,26,27). The molecule has 0 radical (unpaired) electrons. The number of hydrogen-bond acceptors (Lipinski definition) is 2. The van der Waals surface area contributed by atoms with E-state index in [-0.39, 0.29) is 17.2 Å². The van der Waals surface area contributed by atoms with Crippen LogP contribution in [0.3, 0.4) is 0 Å². The van der Waals surface area contributed by atoms with Crippen LogP contribution in [0.2, 0.25) is 0 Å². The molecule has 0 saturated heterocycles. The molecule has 2 amide bonds. The number of aryl methyl sites for hydroxylation is 1. The van der Waals surface area contributed by atoms with Crippen molar-refractivity contribution in [3.05, 3.63) is 29.8 Å². The molecule has 4 aliphatic rings. The fourth-order valence-electron chi connectivity index (χ4n) is 6.29. The molecule has 2 N–H and O–H groups in total. The van der Waals surface area contributed by atoms with E-state index in [2.05, 4.69) is 29.7 Å². The Labute approximate surface area is 168 Å². The van der Waals surface area contributed by atoms with Gasteiger partial charge in [0.15, 0.2) is 0 Å². The summed E-state index contributed by atoms with van der Waals surface area (Å²) >= 11 is 0. The van der Waals surface area contributed by atoms with Gasteiger partial charge in [0.2, 0.25) is 11.8 Å². The summed E-state index contributed by atoms with van der Waals surface area (Å²) in [5, 5.41) is 6.12. The van der Waals surface area contributed by atoms with E-state index in [1.807, 2.05) is 12.1 Å². The predicted molar refractivity (Wildman–Crippen MR) is 112 cm³/mol. The van der Waals surface area contributed by atoms with Gasteiger partial charge in [0.25, 0.3) is 0 Å². The molecule has 0 atom stereocenters. The predicted octanol–water partition coefficient (Wildman–Crippen LogP) is 4.69. The molecule has 1 aromatic rings. The molecule has 152 valence electrons. The van der Waals surface area contributed by atoms with Crippen LogP contribution in [0, 0.1) is 23.2 Å². The third-order valence-electron chi connectivity index (χ3n) is 7.16. The van der Waals surface area contributed by atoms with Crippen molar-refractivity contribution in [2.24, 2.45) is 23.2 Å². The van der Waals surface area contributed by atoms with Gasteiger partial charge in [-0.2, -0.15) is 0 Å². The third-order valence-corrected chi connectivity index (χ3v) is 7.16.